The molecule has 1 saturated carbocycles. The highest BCUT2D eigenvalue weighted by Gasteiger charge is 2.42. The molecule has 6 nitrogen and oxygen atoms in total. The summed E-state index contributed by atoms with van der Waals surface area (Å²) in [7, 11) is -3.53. The number of aromatic nitrogens is 2. The molecule has 0 amide bonds. The summed E-state index contributed by atoms with van der Waals surface area (Å²) in [6, 6.07) is -0.0736. The lowest BCUT2D eigenvalue weighted by molar-refractivity contribution is 0.0723. The second kappa shape index (κ2) is 5.70. The molecule has 0 bridgehead atoms. The standard InChI is InChI=1S/C14H23N3O3S/c1-10-14(9-15-16-10)21(19,20)17-8-3-2-6-12(17)11-5-4-7-13(11)18/h9,11-13,18H,2-8H2,1H3,(H,15,16). The van der Waals surface area contributed by atoms with Gasteiger partial charge in [0.05, 0.1) is 18.0 Å². The number of sulfonamides is 1. The molecule has 1 aliphatic carbocycles. The van der Waals surface area contributed by atoms with Gasteiger partial charge in [0.2, 0.25) is 10.0 Å². The molecule has 118 valence electrons. The first-order valence-electron chi connectivity index (χ1n) is 7.71. The van der Waals surface area contributed by atoms with Gasteiger partial charge in [-0.1, -0.05) is 12.8 Å². The van der Waals surface area contributed by atoms with Gasteiger partial charge in [-0.15, -0.1) is 0 Å². The van der Waals surface area contributed by atoms with Crippen LogP contribution in [0.3, 0.4) is 0 Å². The van der Waals surface area contributed by atoms with Crippen LogP contribution in [-0.4, -0.2) is 46.7 Å². The highest BCUT2D eigenvalue weighted by atomic mass is 32.2. The number of H-pyrrole nitrogens is 1. The molecule has 0 radical (unpaired) electrons. The van der Waals surface area contributed by atoms with Crippen molar-refractivity contribution in [1.82, 2.24) is 14.5 Å². The first-order valence-corrected chi connectivity index (χ1v) is 9.15. The van der Waals surface area contributed by atoms with Gasteiger partial charge in [0.25, 0.3) is 0 Å². The molecule has 1 aliphatic heterocycles. The third kappa shape index (κ3) is 2.62. The van der Waals surface area contributed by atoms with E-state index in [4.69, 9.17) is 0 Å². The fourth-order valence-corrected chi connectivity index (χ4v) is 5.66. The summed E-state index contributed by atoms with van der Waals surface area (Å²) in [5, 5.41) is 16.7. The molecule has 3 atom stereocenters. The summed E-state index contributed by atoms with van der Waals surface area (Å²) in [5.41, 5.74) is 0.575. The van der Waals surface area contributed by atoms with E-state index in [0.29, 0.717) is 12.2 Å². The smallest absolute Gasteiger partial charge is 0.246 e. The van der Waals surface area contributed by atoms with Crippen molar-refractivity contribution >= 4 is 10.0 Å². The van der Waals surface area contributed by atoms with E-state index in [0.717, 1.165) is 38.5 Å². The average Bonchev–Trinajstić information content (AvgIpc) is 3.07. The van der Waals surface area contributed by atoms with Gasteiger partial charge >= 0.3 is 0 Å². The molecule has 1 aromatic heterocycles. The largest absolute Gasteiger partial charge is 0.393 e. The van der Waals surface area contributed by atoms with Crippen LogP contribution in [0.15, 0.2) is 11.1 Å². The van der Waals surface area contributed by atoms with E-state index in [1.807, 2.05) is 0 Å². The molecule has 3 rings (SSSR count). The molecular formula is C14H23N3O3S. The summed E-state index contributed by atoms with van der Waals surface area (Å²) in [4.78, 5) is 0.266. The van der Waals surface area contributed by atoms with Crippen LogP contribution in [-0.2, 0) is 10.0 Å². The van der Waals surface area contributed by atoms with Crippen molar-refractivity contribution in [3.05, 3.63) is 11.9 Å². The van der Waals surface area contributed by atoms with Gasteiger partial charge in [-0.3, -0.25) is 5.10 Å². The number of hydrogen-bond acceptors (Lipinski definition) is 4. The van der Waals surface area contributed by atoms with E-state index in [1.54, 1.807) is 11.2 Å². The van der Waals surface area contributed by atoms with E-state index in [9.17, 15) is 13.5 Å². The van der Waals surface area contributed by atoms with Crippen LogP contribution in [0.4, 0.5) is 0 Å². The van der Waals surface area contributed by atoms with Gasteiger partial charge in [0.15, 0.2) is 0 Å². The van der Waals surface area contributed by atoms with Crippen molar-refractivity contribution in [3.8, 4) is 0 Å². The SMILES string of the molecule is Cc1[nH]ncc1S(=O)(=O)N1CCCCC1C1CCCC1O. The third-order valence-electron chi connectivity index (χ3n) is 4.89. The topological polar surface area (TPSA) is 86.3 Å². The Labute approximate surface area is 125 Å². The molecule has 2 heterocycles. The second-order valence-electron chi connectivity index (χ2n) is 6.20. The Balaban J connectivity index is 1.92. The zero-order valence-corrected chi connectivity index (χ0v) is 13.1. The first kappa shape index (κ1) is 15.0. The van der Waals surface area contributed by atoms with Gasteiger partial charge in [-0.2, -0.15) is 9.40 Å². The van der Waals surface area contributed by atoms with E-state index < -0.39 is 10.0 Å². The summed E-state index contributed by atoms with van der Waals surface area (Å²) < 4.78 is 27.5. The van der Waals surface area contributed by atoms with E-state index in [2.05, 4.69) is 10.2 Å². The maximum atomic E-state index is 12.9. The van der Waals surface area contributed by atoms with Crippen molar-refractivity contribution < 1.29 is 13.5 Å². The molecule has 2 fully saturated rings. The molecule has 0 aromatic carbocycles. The number of aromatic amines is 1. The maximum absolute atomic E-state index is 12.9. The molecule has 3 unspecified atom stereocenters. The molecule has 1 saturated heterocycles. The van der Waals surface area contributed by atoms with Crippen molar-refractivity contribution in [2.45, 2.75) is 62.5 Å². The minimum atomic E-state index is -3.53. The van der Waals surface area contributed by atoms with Crippen molar-refractivity contribution in [3.63, 3.8) is 0 Å². The van der Waals surface area contributed by atoms with Crippen LogP contribution >= 0.6 is 0 Å². The van der Waals surface area contributed by atoms with Gasteiger partial charge in [0, 0.05) is 18.5 Å². The fraction of sp³-hybridized carbons (Fsp3) is 0.786. The van der Waals surface area contributed by atoms with Crippen LogP contribution in [0.5, 0.6) is 0 Å². The lowest BCUT2D eigenvalue weighted by Crippen LogP contribution is -2.49. The lowest BCUT2D eigenvalue weighted by Gasteiger charge is -2.39. The number of nitrogens with one attached hydrogen (secondary N) is 1. The molecular weight excluding hydrogens is 290 g/mol. The zero-order valence-electron chi connectivity index (χ0n) is 12.3. The number of hydrogen-bond donors (Lipinski definition) is 2. The van der Waals surface area contributed by atoms with Crippen molar-refractivity contribution in [1.29, 1.82) is 0 Å². The maximum Gasteiger partial charge on any atom is 0.246 e. The van der Waals surface area contributed by atoms with E-state index >= 15 is 0 Å². The first-order chi connectivity index (χ1) is 10.0. The van der Waals surface area contributed by atoms with Crippen molar-refractivity contribution in [2.75, 3.05) is 6.54 Å². The molecule has 7 heteroatoms. The molecule has 0 spiro atoms. The number of aryl methyl sites for hydroxylation is 1. The highest BCUT2D eigenvalue weighted by molar-refractivity contribution is 7.89. The quantitative estimate of drug-likeness (QED) is 0.883. The molecule has 2 N–H and O–H groups in total. The number of piperidine rings is 1. The molecule has 1 aromatic rings. The minimum absolute atomic E-state index is 0.0736. The summed E-state index contributed by atoms with van der Waals surface area (Å²) in [6.45, 7) is 2.27. The van der Waals surface area contributed by atoms with Gasteiger partial charge in [0.1, 0.15) is 4.90 Å². The Hall–Kier alpha value is -0.920. The highest BCUT2D eigenvalue weighted by Crippen LogP contribution is 2.37. The average molecular weight is 313 g/mol. The number of aliphatic hydroxyl groups is 1. The molecule has 2 aliphatic rings. The minimum Gasteiger partial charge on any atom is -0.393 e. The van der Waals surface area contributed by atoms with Crippen LogP contribution in [0.2, 0.25) is 0 Å². The van der Waals surface area contributed by atoms with Gasteiger partial charge < -0.3 is 5.11 Å². The summed E-state index contributed by atoms with van der Waals surface area (Å²) >= 11 is 0. The van der Waals surface area contributed by atoms with Crippen LogP contribution in [0.1, 0.15) is 44.2 Å². The van der Waals surface area contributed by atoms with Crippen LogP contribution in [0.25, 0.3) is 0 Å². The summed E-state index contributed by atoms with van der Waals surface area (Å²) in [6.07, 6.45) is 6.48. The van der Waals surface area contributed by atoms with E-state index in [-0.39, 0.29) is 23.0 Å². The van der Waals surface area contributed by atoms with Crippen molar-refractivity contribution in [2.24, 2.45) is 5.92 Å². The Morgan fingerprint density at radius 1 is 1.29 bits per heavy atom. The van der Waals surface area contributed by atoms with Gasteiger partial charge in [-0.05, 0) is 32.6 Å². The van der Waals surface area contributed by atoms with Crippen LogP contribution in [0, 0.1) is 12.8 Å². The predicted molar refractivity (Wildman–Crippen MR) is 78.2 cm³/mol. The third-order valence-corrected chi connectivity index (χ3v) is 6.93. The number of rotatable bonds is 3. The lowest BCUT2D eigenvalue weighted by atomic mass is 9.89. The zero-order chi connectivity index (χ0) is 15.0. The Morgan fingerprint density at radius 2 is 2.10 bits per heavy atom. The predicted octanol–water partition coefficient (Wildman–Crippen LogP) is 1.42. The normalized spacial score (nSPS) is 31.6. The fourth-order valence-electron chi connectivity index (χ4n) is 3.80. The number of aliphatic hydroxyl groups excluding tert-OH is 1. The Morgan fingerprint density at radius 3 is 2.71 bits per heavy atom. The molecule has 21 heavy (non-hydrogen) atoms. The number of nitrogens with zero attached hydrogens (tertiary/aromatic N) is 2. The van der Waals surface area contributed by atoms with E-state index in [1.165, 1.54) is 6.20 Å². The van der Waals surface area contributed by atoms with Crippen LogP contribution < -0.4 is 0 Å². The monoisotopic (exact) mass is 313 g/mol. The Bertz CT molecular complexity index is 598. The second-order valence-corrected chi connectivity index (χ2v) is 8.06. The Kier molecular flexibility index (Phi) is 4.07. The summed E-state index contributed by atoms with van der Waals surface area (Å²) in [5.74, 6) is 0.0762. The van der Waals surface area contributed by atoms with Gasteiger partial charge in [-0.25, -0.2) is 8.42 Å².